The maximum atomic E-state index is 13.6. The predicted octanol–water partition coefficient (Wildman–Crippen LogP) is 0.855. The van der Waals surface area contributed by atoms with Crippen molar-refractivity contribution in [3.8, 4) is 0 Å². The van der Waals surface area contributed by atoms with Gasteiger partial charge in [-0.2, -0.15) is 8.42 Å². The normalized spacial score (nSPS) is 19.4. The van der Waals surface area contributed by atoms with Crippen LogP contribution in [0, 0.1) is 0 Å². The van der Waals surface area contributed by atoms with E-state index in [1.54, 1.807) is 41.5 Å². The molecule has 1 aromatic heterocycles. The van der Waals surface area contributed by atoms with Crippen molar-refractivity contribution in [1.29, 1.82) is 0 Å². The molecule has 0 aromatic carbocycles. The van der Waals surface area contributed by atoms with E-state index in [1.165, 1.54) is 24.1 Å². The van der Waals surface area contributed by atoms with Gasteiger partial charge in [-0.15, -0.1) is 11.3 Å². The second kappa shape index (κ2) is 12.8. The Morgan fingerprint density at radius 1 is 1.11 bits per heavy atom. The molecule has 0 spiro atoms. The van der Waals surface area contributed by atoms with Gasteiger partial charge in [0.05, 0.1) is 6.04 Å². The van der Waals surface area contributed by atoms with Gasteiger partial charge in [-0.25, -0.2) is 23.7 Å². The van der Waals surface area contributed by atoms with Gasteiger partial charge in [-0.1, -0.05) is 5.16 Å². The molecule has 2 atom stereocenters. The average Bonchev–Trinajstić information content (AvgIpc) is 3.47. The van der Waals surface area contributed by atoms with Crippen LogP contribution in [0.3, 0.4) is 0 Å². The Morgan fingerprint density at radius 2 is 1.73 bits per heavy atom. The zero-order valence-corrected chi connectivity index (χ0v) is 27.6. The molecule has 250 valence electrons. The van der Waals surface area contributed by atoms with E-state index in [-0.39, 0.29) is 34.8 Å². The summed E-state index contributed by atoms with van der Waals surface area (Å²) >= 11 is 0.892. The van der Waals surface area contributed by atoms with Gasteiger partial charge in [-0.05, 0) is 55.4 Å². The van der Waals surface area contributed by atoms with E-state index >= 15 is 0 Å². The number of hydrogen-bond acceptors (Lipinski definition) is 13. The number of urea groups is 1. The van der Waals surface area contributed by atoms with Crippen molar-refractivity contribution < 1.29 is 51.3 Å². The van der Waals surface area contributed by atoms with Gasteiger partial charge >= 0.3 is 28.4 Å². The van der Waals surface area contributed by atoms with Gasteiger partial charge in [0, 0.05) is 25.0 Å². The van der Waals surface area contributed by atoms with Crippen LogP contribution < -0.4 is 16.0 Å². The molecule has 0 bridgehead atoms. The second-order valence-corrected chi connectivity index (χ2v) is 14.7. The Balaban J connectivity index is 1.92. The van der Waals surface area contributed by atoms with E-state index in [1.807, 2.05) is 0 Å². The van der Waals surface area contributed by atoms with E-state index in [2.05, 4.69) is 26.1 Å². The minimum atomic E-state index is -5.04. The zero-order valence-electron chi connectivity index (χ0n) is 26.0. The van der Waals surface area contributed by atoms with Gasteiger partial charge in [0.2, 0.25) is 5.60 Å². The van der Waals surface area contributed by atoms with Crippen LogP contribution in [-0.4, -0.2) is 111 Å². The molecule has 2 aliphatic rings. The number of amides is 5. The molecule has 2 fully saturated rings. The topological polar surface area (TPSA) is 235 Å². The van der Waals surface area contributed by atoms with Crippen molar-refractivity contribution in [2.45, 2.75) is 84.3 Å². The number of anilines is 1. The lowest BCUT2D eigenvalue weighted by molar-refractivity contribution is -0.179. The third kappa shape index (κ3) is 9.24. The van der Waals surface area contributed by atoms with Crippen LogP contribution in [0.25, 0.3) is 0 Å². The number of ether oxygens (including phenoxy) is 2. The van der Waals surface area contributed by atoms with Crippen LogP contribution in [0.1, 0.15) is 61.1 Å². The summed E-state index contributed by atoms with van der Waals surface area (Å²) in [7, 11) is -5.04. The standard InChI is InChI=1S/C25H37N7O11S2/c1-23(2,3)41-19(35)25(7,8)43-30-15(13-12-44-20(27-13)29-22(37)42-24(4,5)6)17(33)28-16-14(11-31-10-9-26-21(31)36)32(18(16)34)45(38,39)40/h12,14,16H,9-11H2,1-8H3,(H,26,36)(H,28,33)(H,27,29,37)(H,38,39,40)/t14-,16+/m1/s1. The Bertz CT molecular complexity index is 1490. The SMILES string of the molecule is CC(C)(C)OC(=O)Nc1nc(C(=NOC(C)(C)C(=O)OC(C)(C)C)C(=O)N[C@@H]2C(=O)N(S(=O)(=O)O)[C@@H]2CN2CCNC2=O)cs1. The molecule has 0 unspecified atom stereocenters. The van der Waals surface area contributed by atoms with Gasteiger partial charge < -0.3 is 29.8 Å². The molecule has 3 rings (SSSR count). The van der Waals surface area contributed by atoms with Crippen molar-refractivity contribution in [2.24, 2.45) is 5.16 Å². The van der Waals surface area contributed by atoms with Crippen LogP contribution in [0.2, 0.25) is 0 Å². The molecule has 3 heterocycles. The number of rotatable bonds is 10. The number of carbonyl (C=O) groups excluding carboxylic acids is 5. The highest BCUT2D eigenvalue weighted by molar-refractivity contribution is 7.84. The summed E-state index contributed by atoms with van der Waals surface area (Å²) < 4.78 is 44.2. The van der Waals surface area contributed by atoms with Crippen molar-refractivity contribution in [1.82, 2.24) is 24.8 Å². The molecule has 2 saturated heterocycles. The van der Waals surface area contributed by atoms with Gasteiger partial charge in [0.15, 0.2) is 10.8 Å². The number of esters is 1. The summed E-state index contributed by atoms with van der Waals surface area (Å²) in [4.78, 5) is 74.2. The summed E-state index contributed by atoms with van der Waals surface area (Å²) in [5, 5.41) is 12.5. The molecule has 20 heteroatoms. The summed E-state index contributed by atoms with van der Waals surface area (Å²) in [6, 6.07) is -3.40. The second-order valence-electron chi connectivity index (χ2n) is 12.5. The van der Waals surface area contributed by atoms with E-state index in [0.717, 1.165) is 11.3 Å². The number of nitrogens with one attached hydrogen (secondary N) is 3. The first-order valence-electron chi connectivity index (χ1n) is 13.6. The first kappa shape index (κ1) is 35.4. The minimum Gasteiger partial charge on any atom is -0.457 e. The molecule has 4 N–H and O–H groups in total. The molecule has 2 aliphatic heterocycles. The monoisotopic (exact) mass is 675 g/mol. The lowest BCUT2D eigenvalue weighted by atomic mass is 9.97. The van der Waals surface area contributed by atoms with Crippen LogP contribution in [0.5, 0.6) is 0 Å². The Kier molecular flexibility index (Phi) is 10.0. The van der Waals surface area contributed by atoms with Gasteiger partial charge in [0.25, 0.3) is 11.8 Å². The molecular formula is C25H37N7O11S2. The maximum Gasteiger partial charge on any atom is 0.413 e. The lowest BCUT2D eigenvalue weighted by Crippen LogP contribution is -2.74. The quantitative estimate of drug-likeness (QED) is 0.0888. The third-order valence-electron chi connectivity index (χ3n) is 5.88. The Morgan fingerprint density at radius 3 is 2.27 bits per heavy atom. The molecule has 1 aromatic rings. The number of β-lactam (4-membered cyclic amide) rings is 1. The molecule has 5 amide bonds. The number of oxime groups is 1. The fourth-order valence-electron chi connectivity index (χ4n) is 3.89. The van der Waals surface area contributed by atoms with E-state index in [0.29, 0.717) is 0 Å². The van der Waals surface area contributed by atoms with Crippen LogP contribution in [-0.2, 0) is 39.0 Å². The number of carbonyl (C=O) groups is 5. The van der Waals surface area contributed by atoms with Crippen molar-refractivity contribution in [3.05, 3.63) is 11.1 Å². The molecular weight excluding hydrogens is 638 g/mol. The summed E-state index contributed by atoms with van der Waals surface area (Å²) in [5.74, 6) is -3.07. The van der Waals surface area contributed by atoms with Crippen LogP contribution in [0.4, 0.5) is 14.7 Å². The van der Waals surface area contributed by atoms with E-state index in [4.69, 9.17) is 14.3 Å². The average molecular weight is 676 g/mol. The number of aromatic nitrogens is 1. The first-order chi connectivity index (χ1) is 20.5. The molecule has 18 nitrogen and oxygen atoms in total. The third-order valence-corrected chi connectivity index (χ3v) is 7.59. The number of thiazole rings is 1. The van der Waals surface area contributed by atoms with Crippen molar-refractivity contribution >= 4 is 62.4 Å². The summed E-state index contributed by atoms with van der Waals surface area (Å²) in [6.07, 6.45) is -0.826. The fourth-order valence-corrected chi connectivity index (χ4v) is 5.45. The van der Waals surface area contributed by atoms with Gasteiger partial charge in [-0.3, -0.25) is 19.5 Å². The van der Waals surface area contributed by atoms with E-state index < -0.39 is 74.8 Å². The Labute approximate surface area is 263 Å². The highest BCUT2D eigenvalue weighted by atomic mass is 32.2. The van der Waals surface area contributed by atoms with Crippen LogP contribution in [0.15, 0.2) is 10.5 Å². The fraction of sp³-hybridized carbons (Fsp3) is 0.640. The molecule has 0 aliphatic carbocycles. The van der Waals surface area contributed by atoms with Crippen molar-refractivity contribution in [3.63, 3.8) is 0 Å². The smallest absolute Gasteiger partial charge is 0.413 e. The van der Waals surface area contributed by atoms with E-state index in [9.17, 15) is 36.9 Å². The minimum absolute atomic E-state index is 0.00124. The number of hydrogen-bond donors (Lipinski definition) is 4. The summed E-state index contributed by atoms with van der Waals surface area (Å²) in [6.45, 7) is 12.7. The largest absolute Gasteiger partial charge is 0.457 e. The lowest BCUT2D eigenvalue weighted by Gasteiger charge is -2.45. The predicted molar refractivity (Wildman–Crippen MR) is 159 cm³/mol. The zero-order chi connectivity index (χ0) is 34.1. The maximum absolute atomic E-state index is 13.6. The summed E-state index contributed by atoms with van der Waals surface area (Å²) in [5.41, 5.74) is -4.11. The Hall–Kier alpha value is -4.04. The first-order valence-corrected chi connectivity index (χ1v) is 15.9. The molecule has 45 heavy (non-hydrogen) atoms. The molecule has 0 radical (unpaired) electrons. The number of nitrogens with zero attached hydrogens (tertiary/aromatic N) is 4. The highest BCUT2D eigenvalue weighted by Gasteiger charge is 2.55. The highest BCUT2D eigenvalue weighted by Crippen LogP contribution is 2.26. The molecule has 0 saturated carbocycles. The van der Waals surface area contributed by atoms with Crippen LogP contribution >= 0.6 is 11.3 Å². The van der Waals surface area contributed by atoms with Crippen molar-refractivity contribution in [2.75, 3.05) is 25.0 Å². The van der Waals surface area contributed by atoms with Gasteiger partial charge in [0.1, 0.15) is 22.9 Å².